The zero-order valence-corrected chi connectivity index (χ0v) is 47.0. The molecule has 1 aliphatic rings. The first-order valence-corrected chi connectivity index (χ1v) is 29.6. The summed E-state index contributed by atoms with van der Waals surface area (Å²) < 4.78 is 28.3. The van der Waals surface area contributed by atoms with Gasteiger partial charge in [0.25, 0.3) is 0 Å². The molecule has 1 heterocycles. The predicted molar refractivity (Wildman–Crippen MR) is 303 cm³/mol. The summed E-state index contributed by atoms with van der Waals surface area (Å²) in [7, 11) is 0. The Kier molecular flexibility index (Phi) is 46.6. The third-order valence-corrected chi connectivity index (χ3v) is 12.9. The number of esters is 3. The molecule has 1 rings (SSSR count). The fourth-order valence-corrected chi connectivity index (χ4v) is 8.41. The second kappa shape index (κ2) is 50.7. The average molecular weight is 1050 g/mol. The van der Waals surface area contributed by atoms with Gasteiger partial charge < -0.3 is 39.0 Å². The Bertz CT molecular complexity index is 1630. The molecule has 1 aliphatic heterocycles. The van der Waals surface area contributed by atoms with Crippen molar-refractivity contribution in [3.05, 3.63) is 85.1 Å². The monoisotopic (exact) mass is 1050 g/mol. The van der Waals surface area contributed by atoms with E-state index in [4.69, 9.17) is 23.7 Å². The van der Waals surface area contributed by atoms with Crippen LogP contribution in [-0.2, 0) is 42.9 Å². The van der Waals surface area contributed by atoms with Gasteiger partial charge in [0.15, 0.2) is 24.6 Å². The van der Waals surface area contributed by atoms with Crippen LogP contribution >= 0.6 is 0 Å². The van der Waals surface area contributed by atoms with Gasteiger partial charge in [0, 0.05) is 19.3 Å². The Balaban J connectivity index is 2.70. The quantitative estimate of drug-likeness (QED) is 0.0228. The summed E-state index contributed by atoms with van der Waals surface area (Å²) in [6.45, 7) is 5.76. The van der Waals surface area contributed by atoms with E-state index in [9.17, 15) is 34.5 Å². The standard InChI is InChI=1S/C63H104O12/c1-4-7-10-13-16-19-22-25-26-27-28-29-30-33-34-37-40-43-46-49-55(64)71-52-54(73-56(65)50-47-44-41-38-35-31-23-20-17-14-11-8-5-2)53-72-63-61(59(68)58(67)60(75-63)62(69)70)74-57(66)51-48-45-42-39-36-32-24-21-18-15-12-9-6-3/h9,11-12,14,18,20-21,23,25-26,32,36,42,45,54,58-61,63,67-68H,4-8,10,13,15-17,19,22,24,27-31,33-35,37-41,43-44,46-53H2,1-3H3,(H,69,70)/b12-9-,14-11-,21-18-,23-20-,26-25-,36-32-,45-42-. The number of ether oxygens (including phenoxy) is 5. The fraction of sp³-hybridized carbons (Fsp3) is 0.714. The van der Waals surface area contributed by atoms with E-state index in [2.05, 4.69) is 87.6 Å². The van der Waals surface area contributed by atoms with E-state index >= 15 is 0 Å². The first kappa shape index (κ1) is 68.9. The lowest BCUT2D eigenvalue weighted by molar-refractivity contribution is -0.301. The van der Waals surface area contributed by atoms with Crippen LogP contribution in [0.1, 0.15) is 239 Å². The number of unbranched alkanes of at least 4 members (excludes halogenated alkanes) is 21. The maximum Gasteiger partial charge on any atom is 0.335 e. The molecule has 12 heteroatoms. The molecule has 0 aromatic carbocycles. The topological polar surface area (TPSA) is 175 Å². The number of rotatable bonds is 49. The maximum absolute atomic E-state index is 13.1. The van der Waals surface area contributed by atoms with Crippen molar-refractivity contribution in [2.45, 2.75) is 276 Å². The number of allylic oxidation sites excluding steroid dienone is 14. The lowest BCUT2D eigenvalue weighted by Crippen LogP contribution is -2.61. The highest BCUT2D eigenvalue weighted by atomic mass is 16.7. The van der Waals surface area contributed by atoms with Crippen molar-refractivity contribution in [1.82, 2.24) is 0 Å². The van der Waals surface area contributed by atoms with Crippen LogP contribution in [0.15, 0.2) is 85.1 Å². The van der Waals surface area contributed by atoms with Crippen molar-refractivity contribution in [3.8, 4) is 0 Å². The molecule has 0 amide bonds. The molecule has 75 heavy (non-hydrogen) atoms. The van der Waals surface area contributed by atoms with Crippen LogP contribution in [0.3, 0.4) is 0 Å². The molecule has 0 radical (unpaired) electrons. The molecule has 0 spiro atoms. The van der Waals surface area contributed by atoms with Crippen LogP contribution in [0.5, 0.6) is 0 Å². The van der Waals surface area contributed by atoms with Crippen molar-refractivity contribution in [2.24, 2.45) is 0 Å². The van der Waals surface area contributed by atoms with E-state index in [0.717, 1.165) is 89.9 Å². The largest absolute Gasteiger partial charge is 0.479 e. The number of hydrogen-bond donors (Lipinski definition) is 3. The van der Waals surface area contributed by atoms with E-state index in [1.54, 1.807) is 0 Å². The normalized spacial score (nSPS) is 18.8. The number of carboxylic acid groups (broad SMARTS) is 1. The van der Waals surface area contributed by atoms with Crippen molar-refractivity contribution >= 4 is 23.9 Å². The van der Waals surface area contributed by atoms with Crippen molar-refractivity contribution in [3.63, 3.8) is 0 Å². The van der Waals surface area contributed by atoms with Crippen molar-refractivity contribution in [2.75, 3.05) is 13.2 Å². The van der Waals surface area contributed by atoms with Gasteiger partial charge in [-0.3, -0.25) is 14.4 Å². The molecule has 1 saturated heterocycles. The van der Waals surface area contributed by atoms with Gasteiger partial charge in [-0.2, -0.15) is 0 Å². The first-order chi connectivity index (χ1) is 36.6. The summed E-state index contributed by atoms with van der Waals surface area (Å²) in [6.07, 6.45) is 52.9. The molecule has 428 valence electrons. The summed E-state index contributed by atoms with van der Waals surface area (Å²) >= 11 is 0. The van der Waals surface area contributed by atoms with Gasteiger partial charge in [0.1, 0.15) is 18.8 Å². The fourth-order valence-electron chi connectivity index (χ4n) is 8.41. The molecule has 0 saturated carbocycles. The van der Waals surface area contributed by atoms with Gasteiger partial charge in [-0.15, -0.1) is 0 Å². The second-order valence-electron chi connectivity index (χ2n) is 19.9. The lowest BCUT2D eigenvalue weighted by Gasteiger charge is -2.40. The molecular weight excluding hydrogens is 949 g/mol. The number of hydrogen-bond acceptors (Lipinski definition) is 11. The highest BCUT2D eigenvalue weighted by Gasteiger charge is 2.50. The van der Waals surface area contributed by atoms with E-state index in [1.807, 2.05) is 18.2 Å². The smallest absolute Gasteiger partial charge is 0.335 e. The molecule has 3 N–H and O–H groups in total. The molecular formula is C63H104O12. The van der Waals surface area contributed by atoms with E-state index in [0.29, 0.717) is 25.7 Å². The molecule has 0 aromatic rings. The molecule has 0 bridgehead atoms. The number of carbonyl (C=O) groups is 4. The third kappa shape index (κ3) is 40.8. The zero-order chi connectivity index (χ0) is 54.7. The highest BCUT2D eigenvalue weighted by Crippen LogP contribution is 2.26. The Morgan fingerprint density at radius 2 is 0.893 bits per heavy atom. The minimum absolute atomic E-state index is 0.0649. The Hall–Kier alpha value is -4.10. The highest BCUT2D eigenvalue weighted by molar-refractivity contribution is 5.74. The van der Waals surface area contributed by atoms with Gasteiger partial charge >= 0.3 is 23.9 Å². The maximum atomic E-state index is 13.1. The third-order valence-electron chi connectivity index (χ3n) is 12.9. The summed E-state index contributed by atoms with van der Waals surface area (Å²) in [5, 5.41) is 31.4. The number of aliphatic carboxylic acids is 1. The lowest BCUT2D eigenvalue weighted by atomic mass is 9.98. The van der Waals surface area contributed by atoms with Crippen LogP contribution in [0.4, 0.5) is 0 Å². The molecule has 12 nitrogen and oxygen atoms in total. The van der Waals surface area contributed by atoms with E-state index < -0.39 is 67.3 Å². The SMILES string of the molecule is CC/C=C\C/C=C\C/C=C\C/C=C\CCC(=O)OC1C(OCC(COC(=O)CCCCCCCCCCC/C=C\CCCCCCCC)OC(=O)CCCCCCC/C=C\C/C=C\CCC)OC(C(=O)O)C(O)C1O. The van der Waals surface area contributed by atoms with E-state index in [1.165, 1.54) is 83.5 Å². The van der Waals surface area contributed by atoms with Gasteiger partial charge in [0.2, 0.25) is 0 Å². The second-order valence-corrected chi connectivity index (χ2v) is 19.9. The summed E-state index contributed by atoms with van der Waals surface area (Å²) in [4.78, 5) is 51.0. The Morgan fingerprint density at radius 1 is 0.453 bits per heavy atom. The minimum atomic E-state index is -1.93. The van der Waals surface area contributed by atoms with Gasteiger partial charge in [-0.1, -0.05) is 209 Å². The molecule has 6 atom stereocenters. The van der Waals surface area contributed by atoms with Crippen molar-refractivity contribution in [1.29, 1.82) is 0 Å². The van der Waals surface area contributed by atoms with Crippen LogP contribution in [0.2, 0.25) is 0 Å². The minimum Gasteiger partial charge on any atom is -0.479 e. The van der Waals surface area contributed by atoms with Crippen LogP contribution < -0.4 is 0 Å². The first-order valence-electron chi connectivity index (χ1n) is 29.6. The Morgan fingerprint density at radius 3 is 1.40 bits per heavy atom. The van der Waals surface area contributed by atoms with Gasteiger partial charge in [-0.25, -0.2) is 4.79 Å². The summed E-state index contributed by atoms with van der Waals surface area (Å²) in [5.41, 5.74) is 0. The number of carbonyl (C=O) groups excluding carboxylic acids is 3. The number of aliphatic hydroxyl groups excluding tert-OH is 2. The number of aliphatic hydroxyl groups is 2. The van der Waals surface area contributed by atoms with Crippen LogP contribution in [0, 0.1) is 0 Å². The Labute approximate surface area is 454 Å². The zero-order valence-electron chi connectivity index (χ0n) is 47.0. The van der Waals surface area contributed by atoms with Gasteiger partial charge in [0.05, 0.1) is 6.61 Å². The van der Waals surface area contributed by atoms with Crippen LogP contribution in [-0.4, -0.2) is 89.2 Å². The summed E-state index contributed by atoms with van der Waals surface area (Å²) in [5.74, 6) is -3.25. The molecule has 6 unspecified atom stereocenters. The predicted octanol–water partition coefficient (Wildman–Crippen LogP) is 15.1. The van der Waals surface area contributed by atoms with Crippen LogP contribution in [0.25, 0.3) is 0 Å². The van der Waals surface area contributed by atoms with E-state index in [-0.39, 0.29) is 25.9 Å². The van der Waals surface area contributed by atoms with Gasteiger partial charge in [-0.05, 0) is 96.3 Å². The molecule has 0 aliphatic carbocycles. The summed E-state index contributed by atoms with van der Waals surface area (Å²) in [6, 6.07) is 0. The van der Waals surface area contributed by atoms with Crippen molar-refractivity contribution < 1.29 is 58.2 Å². The average Bonchev–Trinajstić information content (AvgIpc) is 3.39. The molecule has 1 fully saturated rings. The number of carboxylic acids is 1. The molecule has 0 aromatic heterocycles.